The van der Waals surface area contributed by atoms with E-state index in [4.69, 9.17) is 5.73 Å². The fraction of sp³-hybridized carbons (Fsp3) is 0.286. The molecule has 0 saturated carbocycles. The van der Waals surface area contributed by atoms with E-state index in [0.717, 1.165) is 17.8 Å². The minimum absolute atomic E-state index is 0.371. The Kier molecular flexibility index (Phi) is 3.69. The Morgan fingerprint density at radius 2 is 2.18 bits per heavy atom. The zero-order valence-corrected chi connectivity index (χ0v) is 11.1. The minimum atomic E-state index is 0.371. The first-order valence-corrected chi connectivity index (χ1v) is 6.74. The molecule has 0 aliphatic carbocycles. The van der Waals surface area contributed by atoms with Crippen LogP contribution in [0.25, 0.3) is 0 Å². The highest BCUT2D eigenvalue weighted by molar-refractivity contribution is 7.10. The molecule has 0 spiro atoms. The van der Waals surface area contributed by atoms with Gasteiger partial charge in [-0.1, -0.05) is 19.1 Å². The highest BCUT2D eigenvalue weighted by Crippen LogP contribution is 2.28. The van der Waals surface area contributed by atoms with Crippen molar-refractivity contribution in [1.29, 1.82) is 0 Å². The lowest BCUT2D eigenvalue weighted by atomic mass is 10.1. The number of anilines is 2. The number of hydrogen-bond acceptors (Lipinski definition) is 3. The topological polar surface area (TPSA) is 38.0 Å². The molecule has 3 N–H and O–H groups in total. The van der Waals surface area contributed by atoms with Crippen molar-refractivity contribution >= 4 is 22.7 Å². The van der Waals surface area contributed by atoms with Crippen molar-refractivity contribution in [3.05, 3.63) is 46.2 Å². The predicted molar refractivity (Wildman–Crippen MR) is 76.6 cm³/mol. The third-order valence-electron chi connectivity index (χ3n) is 2.89. The average molecular weight is 246 g/mol. The Morgan fingerprint density at radius 1 is 1.35 bits per heavy atom. The molecule has 17 heavy (non-hydrogen) atoms. The summed E-state index contributed by atoms with van der Waals surface area (Å²) in [7, 11) is 0. The lowest BCUT2D eigenvalue weighted by molar-refractivity contribution is 0.763. The molecule has 0 saturated heterocycles. The maximum atomic E-state index is 5.83. The number of nitrogens with one attached hydrogen (secondary N) is 1. The Hall–Kier alpha value is -1.48. The first-order chi connectivity index (χ1) is 8.20. The smallest absolute Gasteiger partial charge is 0.0604 e. The van der Waals surface area contributed by atoms with Crippen LogP contribution < -0.4 is 11.1 Å². The van der Waals surface area contributed by atoms with Gasteiger partial charge in [-0.3, -0.25) is 0 Å². The van der Waals surface area contributed by atoms with Gasteiger partial charge in [0.1, 0.15) is 0 Å². The number of hydrogen-bond donors (Lipinski definition) is 2. The fourth-order valence-electron chi connectivity index (χ4n) is 1.85. The molecular weight excluding hydrogens is 228 g/mol. The number of benzene rings is 1. The molecule has 0 bridgehead atoms. The van der Waals surface area contributed by atoms with Crippen LogP contribution in [0.5, 0.6) is 0 Å². The molecular formula is C14H18N2S. The minimum Gasteiger partial charge on any atom is -0.399 e. The van der Waals surface area contributed by atoms with Gasteiger partial charge < -0.3 is 11.1 Å². The summed E-state index contributed by atoms with van der Waals surface area (Å²) in [4.78, 5) is 1.37. The fourth-order valence-corrected chi connectivity index (χ4v) is 2.71. The van der Waals surface area contributed by atoms with Gasteiger partial charge in [-0.2, -0.15) is 0 Å². The molecule has 0 radical (unpaired) electrons. The summed E-state index contributed by atoms with van der Waals surface area (Å²) in [6.45, 7) is 4.29. The van der Waals surface area contributed by atoms with Crippen molar-refractivity contribution in [2.75, 3.05) is 11.1 Å². The highest BCUT2D eigenvalue weighted by Gasteiger charge is 2.11. The van der Waals surface area contributed by atoms with Crippen molar-refractivity contribution in [3.8, 4) is 0 Å². The number of aryl methyl sites for hydroxylation is 1. The van der Waals surface area contributed by atoms with Crippen LogP contribution in [0.2, 0.25) is 0 Å². The molecule has 2 aromatic rings. The van der Waals surface area contributed by atoms with Crippen LogP contribution in [0.15, 0.2) is 35.7 Å². The first kappa shape index (κ1) is 12.0. The molecule has 2 nitrogen and oxygen atoms in total. The van der Waals surface area contributed by atoms with Crippen LogP contribution in [0.4, 0.5) is 11.4 Å². The third kappa shape index (κ3) is 2.80. The summed E-state index contributed by atoms with van der Waals surface area (Å²) in [5.41, 5.74) is 8.99. The molecule has 1 unspecified atom stereocenters. The van der Waals surface area contributed by atoms with Gasteiger partial charge in [-0.25, -0.2) is 0 Å². The summed E-state index contributed by atoms with van der Waals surface area (Å²) in [5, 5.41) is 5.69. The Balaban J connectivity index is 2.21. The van der Waals surface area contributed by atoms with Crippen molar-refractivity contribution < 1.29 is 0 Å². The Bertz CT molecular complexity index is 477. The van der Waals surface area contributed by atoms with Gasteiger partial charge in [0.15, 0.2) is 0 Å². The van der Waals surface area contributed by atoms with E-state index in [0.29, 0.717) is 6.04 Å². The molecule has 90 valence electrons. The van der Waals surface area contributed by atoms with Crippen LogP contribution >= 0.6 is 11.3 Å². The molecule has 0 aliphatic rings. The van der Waals surface area contributed by atoms with E-state index in [-0.39, 0.29) is 0 Å². The van der Waals surface area contributed by atoms with Gasteiger partial charge in [-0.05, 0) is 42.5 Å². The lowest BCUT2D eigenvalue weighted by Crippen LogP contribution is -2.09. The van der Waals surface area contributed by atoms with Gasteiger partial charge in [0.25, 0.3) is 0 Å². The van der Waals surface area contributed by atoms with E-state index < -0.39 is 0 Å². The van der Waals surface area contributed by atoms with Gasteiger partial charge in [0, 0.05) is 16.3 Å². The van der Waals surface area contributed by atoms with Crippen molar-refractivity contribution in [1.82, 2.24) is 0 Å². The zero-order valence-electron chi connectivity index (χ0n) is 10.2. The van der Waals surface area contributed by atoms with Crippen molar-refractivity contribution in [2.24, 2.45) is 0 Å². The van der Waals surface area contributed by atoms with Crippen molar-refractivity contribution in [2.45, 2.75) is 26.3 Å². The molecule has 1 aromatic carbocycles. The maximum Gasteiger partial charge on any atom is 0.0604 e. The lowest BCUT2D eigenvalue weighted by Gasteiger charge is -2.19. The predicted octanol–water partition coefficient (Wildman–Crippen LogP) is 4.20. The third-order valence-corrected chi connectivity index (χ3v) is 3.87. The average Bonchev–Trinajstić information content (AvgIpc) is 2.84. The van der Waals surface area contributed by atoms with E-state index in [1.54, 1.807) is 11.3 Å². The highest BCUT2D eigenvalue weighted by atomic mass is 32.1. The van der Waals surface area contributed by atoms with Gasteiger partial charge >= 0.3 is 0 Å². The number of thiophene rings is 1. The number of nitrogen functional groups attached to an aromatic ring is 1. The van der Waals surface area contributed by atoms with Gasteiger partial charge in [0.2, 0.25) is 0 Å². The molecule has 0 amide bonds. The molecule has 3 heteroatoms. The SMILES string of the molecule is CCC(Nc1cc(N)ccc1C)c1cccs1. The van der Waals surface area contributed by atoms with Crippen LogP contribution in [-0.4, -0.2) is 0 Å². The van der Waals surface area contributed by atoms with E-state index in [2.05, 4.69) is 42.7 Å². The van der Waals surface area contributed by atoms with E-state index >= 15 is 0 Å². The van der Waals surface area contributed by atoms with Crippen LogP contribution in [0, 0.1) is 6.92 Å². The summed E-state index contributed by atoms with van der Waals surface area (Å²) >= 11 is 1.79. The molecule has 1 atom stereocenters. The second-order valence-corrected chi connectivity index (χ2v) is 5.17. The van der Waals surface area contributed by atoms with Crippen LogP contribution in [0.3, 0.4) is 0 Å². The summed E-state index contributed by atoms with van der Waals surface area (Å²) in [6, 6.07) is 10.6. The van der Waals surface area contributed by atoms with E-state index in [1.165, 1.54) is 10.4 Å². The standard InChI is InChI=1S/C14H18N2S/c1-3-12(14-5-4-8-17-14)16-13-9-11(15)7-6-10(13)2/h4-9,12,16H,3,15H2,1-2H3. The number of rotatable bonds is 4. The van der Waals surface area contributed by atoms with Crippen LogP contribution in [-0.2, 0) is 0 Å². The Labute approximate surface area is 106 Å². The summed E-state index contributed by atoms with van der Waals surface area (Å²) < 4.78 is 0. The van der Waals surface area contributed by atoms with E-state index in [9.17, 15) is 0 Å². The van der Waals surface area contributed by atoms with Gasteiger partial charge in [0.05, 0.1) is 6.04 Å². The number of nitrogens with two attached hydrogens (primary N) is 1. The molecule has 0 aliphatic heterocycles. The van der Waals surface area contributed by atoms with E-state index in [1.807, 2.05) is 12.1 Å². The zero-order chi connectivity index (χ0) is 12.3. The normalized spacial score (nSPS) is 12.4. The largest absolute Gasteiger partial charge is 0.399 e. The second kappa shape index (κ2) is 5.23. The first-order valence-electron chi connectivity index (χ1n) is 5.86. The van der Waals surface area contributed by atoms with Gasteiger partial charge in [-0.15, -0.1) is 11.3 Å². The Morgan fingerprint density at radius 3 is 2.82 bits per heavy atom. The van der Waals surface area contributed by atoms with Crippen LogP contribution in [0.1, 0.15) is 29.8 Å². The quantitative estimate of drug-likeness (QED) is 0.793. The molecule has 1 heterocycles. The van der Waals surface area contributed by atoms with Crippen molar-refractivity contribution in [3.63, 3.8) is 0 Å². The molecule has 2 rings (SSSR count). The maximum absolute atomic E-state index is 5.83. The second-order valence-electron chi connectivity index (χ2n) is 4.19. The molecule has 0 fully saturated rings. The molecule has 1 aromatic heterocycles. The summed E-state index contributed by atoms with van der Waals surface area (Å²) in [6.07, 6.45) is 1.06. The summed E-state index contributed by atoms with van der Waals surface area (Å²) in [5.74, 6) is 0. The monoisotopic (exact) mass is 246 g/mol.